The van der Waals surface area contributed by atoms with Gasteiger partial charge in [-0.25, -0.2) is 8.42 Å². The lowest BCUT2D eigenvalue weighted by Gasteiger charge is -2.06. The van der Waals surface area contributed by atoms with Crippen LogP contribution in [-0.4, -0.2) is 25.7 Å². The molecule has 0 amide bonds. The standard InChI is InChI=1S/C12H13N3O3S/c1-19(17,18)14-12(16)7-9-15-8-6-10-4-2-3-5-11(10)13-15/h2-6,8H,7,9H2,1H3. The Bertz CT molecular complexity index is 726. The first-order chi connectivity index (χ1) is 8.94. The number of aryl methyl sites for hydroxylation is 1. The van der Waals surface area contributed by atoms with Gasteiger partial charge in [-0.05, 0) is 12.0 Å². The van der Waals surface area contributed by atoms with Crippen LogP contribution in [0.1, 0.15) is 6.42 Å². The SMILES string of the molecule is CS(=O)(=O)/N=C(\[O-])CC[n+]1ccc2ccccc2n1. The van der Waals surface area contributed by atoms with Crippen LogP contribution >= 0.6 is 0 Å². The molecule has 0 unspecified atom stereocenters. The molecule has 6 nitrogen and oxygen atoms in total. The van der Waals surface area contributed by atoms with Crippen molar-refractivity contribution < 1.29 is 18.2 Å². The summed E-state index contributed by atoms with van der Waals surface area (Å²) >= 11 is 0. The maximum atomic E-state index is 11.3. The van der Waals surface area contributed by atoms with E-state index >= 15 is 0 Å². The van der Waals surface area contributed by atoms with Gasteiger partial charge >= 0.3 is 0 Å². The minimum absolute atomic E-state index is 0.00305. The molecule has 2 rings (SSSR count). The number of fused-ring (bicyclic) bond motifs is 1. The van der Waals surface area contributed by atoms with Crippen LogP contribution < -0.4 is 9.79 Å². The first-order valence-electron chi connectivity index (χ1n) is 5.65. The molecule has 0 saturated carbocycles. The molecule has 2 aromatic rings. The summed E-state index contributed by atoms with van der Waals surface area (Å²) in [6.07, 6.45) is 2.64. The molecule has 1 aromatic heterocycles. The molecule has 1 heterocycles. The predicted octanol–water partition coefficient (Wildman–Crippen LogP) is -0.369. The van der Waals surface area contributed by atoms with Crippen LogP contribution in [0, 0.1) is 0 Å². The van der Waals surface area contributed by atoms with E-state index in [-0.39, 0.29) is 6.42 Å². The zero-order chi connectivity index (χ0) is 13.9. The molecule has 0 saturated heterocycles. The Morgan fingerprint density at radius 3 is 2.84 bits per heavy atom. The lowest BCUT2D eigenvalue weighted by atomic mass is 10.2. The van der Waals surface area contributed by atoms with Crippen LogP contribution in [0.3, 0.4) is 0 Å². The van der Waals surface area contributed by atoms with Gasteiger partial charge in [0.1, 0.15) is 5.52 Å². The fourth-order valence-corrected chi connectivity index (χ4v) is 2.08. The van der Waals surface area contributed by atoms with Gasteiger partial charge in [-0.1, -0.05) is 22.9 Å². The summed E-state index contributed by atoms with van der Waals surface area (Å²) in [6, 6.07) is 9.50. The number of hydrogen-bond donors (Lipinski definition) is 0. The van der Waals surface area contributed by atoms with E-state index in [1.165, 1.54) is 0 Å². The van der Waals surface area contributed by atoms with Crippen LogP contribution in [0.4, 0.5) is 0 Å². The Morgan fingerprint density at radius 1 is 1.37 bits per heavy atom. The van der Waals surface area contributed by atoms with Crippen molar-refractivity contribution in [2.75, 3.05) is 6.26 Å². The van der Waals surface area contributed by atoms with E-state index in [1.54, 1.807) is 10.9 Å². The second kappa shape index (κ2) is 5.31. The van der Waals surface area contributed by atoms with E-state index in [0.717, 1.165) is 17.2 Å². The third-order valence-corrected chi connectivity index (χ3v) is 2.96. The zero-order valence-electron chi connectivity index (χ0n) is 10.4. The molecular weight excluding hydrogens is 266 g/mol. The van der Waals surface area contributed by atoms with E-state index in [0.29, 0.717) is 6.54 Å². The van der Waals surface area contributed by atoms with Gasteiger partial charge in [-0.2, -0.15) is 4.40 Å². The molecule has 0 N–H and O–H groups in total. The fraction of sp³-hybridized carbons (Fsp3) is 0.250. The average molecular weight is 279 g/mol. The van der Waals surface area contributed by atoms with Crippen molar-refractivity contribution in [3.8, 4) is 0 Å². The summed E-state index contributed by atoms with van der Waals surface area (Å²) in [7, 11) is -3.62. The summed E-state index contributed by atoms with van der Waals surface area (Å²) < 4.78 is 26.3. The Labute approximate surface area is 111 Å². The quantitative estimate of drug-likeness (QED) is 0.434. The summed E-state index contributed by atoms with van der Waals surface area (Å²) in [6.45, 7) is 0.294. The van der Waals surface area contributed by atoms with Crippen molar-refractivity contribution in [3.05, 3.63) is 36.5 Å². The van der Waals surface area contributed by atoms with E-state index in [1.807, 2.05) is 30.3 Å². The predicted molar refractivity (Wildman–Crippen MR) is 68.8 cm³/mol. The third kappa shape index (κ3) is 3.99. The van der Waals surface area contributed by atoms with Crippen LogP contribution in [-0.2, 0) is 16.6 Å². The number of rotatable bonds is 4. The highest BCUT2D eigenvalue weighted by molar-refractivity contribution is 7.89. The van der Waals surface area contributed by atoms with Gasteiger partial charge in [0.25, 0.3) is 0 Å². The monoisotopic (exact) mass is 279 g/mol. The molecule has 0 bridgehead atoms. The molecule has 100 valence electrons. The van der Waals surface area contributed by atoms with Gasteiger partial charge in [0.15, 0.2) is 12.7 Å². The first-order valence-corrected chi connectivity index (χ1v) is 7.50. The van der Waals surface area contributed by atoms with E-state index in [9.17, 15) is 13.5 Å². The van der Waals surface area contributed by atoms with E-state index < -0.39 is 15.9 Å². The minimum Gasteiger partial charge on any atom is -0.861 e. The number of benzene rings is 1. The van der Waals surface area contributed by atoms with Crippen molar-refractivity contribution in [1.29, 1.82) is 0 Å². The highest BCUT2D eigenvalue weighted by atomic mass is 32.2. The summed E-state index contributed by atoms with van der Waals surface area (Å²) in [4.78, 5) is 0. The normalized spacial score (nSPS) is 12.8. The van der Waals surface area contributed by atoms with Gasteiger partial charge in [-0.15, -0.1) is 0 Å². The van der Waals surface area contributed by atoms with E-state index in [4.69, 9.17) is 0 Å². The zero-order valence-corrected chi connectivity index (χ0v) is 11.2. The number of hydrogen-bond acceptors (Lipinski definition) is 4. The van der Waals surface area contributed by atoms with E-state index in [2.05, 4.69) is 9.50 Å². The maximum absolute atomic E-state index is 11.3. The van der Waals surface area contributed by atoms with Crippen LogP contribution in [0.5, 0.6) is 0 Å². The topological polar surface area (TPSA) is 86.3 Å². The molecule has 7 heteroatoms. The number of aromatic nitrogens is 2. The molecule has 0 spiro atoms. The molecule has 1 aromatic carbocycles. The van der Waals surface area contributed by atoms with Crippen LogP contribution in [0.25, 0.3) is 10.9 Å². The van der Waals surface area contributed by atoms with Crippen molar-refractivity contribution in [2.45, 2.75) is 13.0 Å². The van der Waals surface area contributed by atoms with Gasteiger partial charge < -0.3 is 5.11 Å². The molecule has 0 aliphatic rings. The summed E-state index contributed by atoms with van der Waals surface area (Å²) in [5.74, 6) is -0.662. The number of nitrogens with zero attached hydrogens (tertiary/aromatic N) is 3. The Kier molecular flexibility index (Phi) is 3.75. The average Bonchev–Trinajstić information content (AvgIpc) is 2.34. The van der Waals surface area contributed by atoms with Crippen molar-refractivity contribution >= 4 is 26.8 Å². The smallest absolute Gasteiger partial charge is 0.249 e. The molecule has 19 heavy (non-hydrogen) atoms. The fourth-order valence-electron chi connectivity index (χ4n) is 1.62. The first kappa shape index (κ1) is 13.4. The molecule has 0 radical (unpaired) electrons. The third-order valence-electron chi connectivity index (χ3n) is 2.42. The summed E-state index contributed by atoms with van der Waals surface area (Å²) in [5, 5.41) is 16.6. The Balaban J connectivity index is 2.12. The second-order valence-corrected chi connectivity index (χ2v) is 5.75. The highest BCUT2D eigenvalue weighted by Gasteiger charge is 2.05. The van der Waals surface area contributed by atoms with Gasteiger partial charge in [0.2, 0.25) is 10.0 Å². The Morgan fingerprint density at radius 2 is 2.11 bits per heavy atom. The number of sulfonamides is 1. The van der Waals surface area contributed by atoms with Gasteiger partial charge in [0.05, 0.1) is 6.26 Å². The maximum Gasteiger partial charge on any atom is 0.249 e. The van der Waals surface area contributed by atoms with Crippen molar-refractivity contribution in [3.63, 3.8) is 0 Å². The van der Waals surface area contributed by atoms with Gasteiger partial charge in [0, 0.05) is 23.0 Å². The molecule has 0 aliphatic carbocycles. The molecule has 0 fully saturated rings. The molecular formula is C12H13N3O3S. The second-order valence-electron chi connectivity index (χ2n) is 4.11. The highest BCUT2D eigenvalue weighted by Crippen LogP contribution is 2.06. The van der Waals surface area contributed by atoms with Crippen LogP contribution in [0.2, 0.25) is 0 Å². The van der Waals surface area contributed by atoms with Gasteiger partial charge in [-0.3, -0.25) is 0 Å². The molecule has 0 aliphatic heterocycles. The lowest BCUT2D eigenvalue weighted by Crippen LogP contribution is -2.39. The Hall–Kier alpha value is -2.02. The van der Waals surface area contributed by atoms with Crippen molar-refractivity contribution in [2.24, 2.45) is 4.40 Å². The largest absolute Gasteiger partial charge is 0.861 e. The van der Waals surface area contributed by atoms with Crippen LogP contribution in [0.15, 0.2) is 40.9 Å². The minimum atomic E-state index is -3.62. The summed E-state index contributed by atoms with van der Waals surface area (Å²) in [5.41, 5.74) is 0.817. The van der Waals surface area contributed by atoms with Crippen molar-refractivity contribution in [1.82, 2.24) is 5.10 Å². The lowest BCUT2D eigenvalue weighted by molar-refractivity contribution is -0.750. The molecule has 0 atom stereocenters.